The summed E-state index contributed by atoms with van der Waals surface area (Å²) in [5.41, 5.74) is 1.87. The molecule has 0 bridgehead atoms. The molecule has 2 aromatic rings. The van der Waals surface area contributed by atoms with E-state index in [9.17, 15) is 12.8 Å². The van der Waals surface area contributed by atoms with Crippen LogP contribution in [-0.4, -0.2) is 37.9 Å². The quantitative estimate of drug-likeness (QED) is 0.841. The molecule has 0 unspecified atom stereocenters. The second kappa shape index (κ2) is 6.98. The smallest absolute Gasteiger partial charge is 0.278 e. The molecule has 1 N–H and O–H groups in total. The number of aromatic nitrogens is 1. The maximum absolute atomic E-state index is 13.5. The van der Waals surface area contributed by atoms with E-state index in [2.05, 4.69) is 18.6 Å². The molecule has 0 atom stereocenters. The van der Waals surface area contributed by atoms with Crippen LogP contribution in [0.25, 0.3) is 10.9 Å². The molecule has 5 nitrogen and oxygen atoms in total. The molecule has 0 saturated carbocycles. The van der Waals surface area contributed by atoms with Crippen LogP contribution in [0.4, 0.5) is 4.39 Å². The minimum atomic E-state index is -3.42. The molecule has 0 aliphatic heterocycles. The number of rotatable bonds is 7. The van der Waals surface area contributed by atoms with E-state index in [1.807, 2.05) is 10.8 Å². The van der Waals surface area contributed by atoms with Crippen LogP contribution in [0.3, 0.4) is 0 Å². The maximum atomic E-state index is 13.5. The van der Waals surface area contributed by atoms with Gasteiger partial charge in [0, 0.05) is 38.8 Å². The number of fused-ring (bicyclic) bond motifs is 1. The van der Waals surface area contributed by atoms with Gasteiger partial charge in [-0.15, -0.1) is 0 Å². The number of halogens is 1. The van der Waals surface area contributed by atoms with E-state index in [1.165, 1.54) is 26.2 Å². The van der Waals surface area contributed by atoms with E-state index in [0.29, 0.717) is 18.9 Å². The Morgan fingerprint density at radius 3 is 2.61 bits per heavy atom. The van der Waals surface area contributed by atoms with Crippen LogP contribution in [0.2, 0.25) is 0 Å². The van der Waals surface area contributed by atoms with Crippen LogP contribution in [0.15, 0.2) is 24.4 Å². The van der Waals surface area contributed by atoms with Gasteiger partial charge in [-0.1, -0.05) is 13.8 Å². The lowest BCUT2D eigenvalue weighted by Crippen LogP contribution is -2.36. The van der Waals surface area contributed by atoms with Crippen LogP contribution in [0.1, 0.15) is 19.4 Å². The SMILES string of the molecule is CC(C)Cn1cc(CCNS(=O)(=O)N(C)C)c2ccc(F)cc21. The molecule has 0 amide bonds. The van der Waals surface area contributed by atoms with E-state index >= 15 is 0 Å². The van der Waals surface area contributed by atoms with Crippen LogP contribution in [0, 0.1) is 11.7 Å². The Kier molecular flexibility index (Phi) is 5.44. The van der Waals surface area contributed by atoms with Gasteiger partial charge in [0.25, 0.3) is 10.2 Å². The minimum absolute atomic E-state index is 0.263. The molecule has 7 heteroatoms. The Labute approximate surface area is 137 Å². The van der Waals surface area contributed by atoms with Crippen molar-refractivity contribution in [2.75, 3.05) is 20.6 Å². The van der Waals surface area contributed by atoms with Gasteiger partial charge in [0.15, 0.2) is 0 Å². The first-order valence-corrected chi connectivity index (χ1v) is 9.09. The average molecular weight is 341 g/mol. The van der Waals surface area contributed by atoms with Crippen molar-refractivity contribution in [2.45, 2.75) is 26.8 Å². The van der Waals surface area contributed by atoms with Gasteiger partial charge in [0.05, 0.1) is 5.52 Å². The normalized spacial score (nSPS) is 12.7. The van der Waals surface area contributed by atoms with Crippen molar-refractivity contribution in [1.82, 2.24) is 13.6 Å². The fourth-order valence-electron chi connectivity index (χ4n) is 2.53. The van der Waals surface area contributed by atoms with Gasteiger partial charge in [-0.3, -0.25) is 0 Å². The lowest BCUT2D eigenvalue weighted by Gasteiger charge is -2.11. The predicted molar refractivity (Wildman–Crippen MR) is 91.0 cm³/mol. The zero-order valence-corrected chi connectivity index (χ0v) is 14.8. The van der Waals surface area contributed by atoms with Gasteiger partial charge >= 0.3 is 0 Å². The van der Waals surface area contributed by atoms with Gasteiger partial charge in [-0.2, -0.15) is 12.7 Å². The number of nitrogens with one attached hydrogen (secondary N) is 1. The molecule has 23 heavy (non-hydrogen) atoms. The standard InChI is InChI=1S/C16H24FN3O2S/c1-12(2)10-20-11-13(7-8-18-23(21,22)19(3)4)15-6-5-14(17)9-16(15)20/h5-6,9,11-12,18H,7-8,10H2,1-4H3. The number of benzene rings is 1. The highest BCUT2D eigenvalue weighted by atomic mass is 32.2. The van der Waals surface area contributed by atoms with Crippen molar-refractivity contribution in [3.63, 3.8) is 0 Å². The van der Waals surface area contributed by atoms with E-state index in [0.717, 1.165) is 27.3 Å². The van der Waals surface area contributed by atoms with E-state index < -0.39 is 10.2 Å². The Bertz CT molecular complexity index is 782. The highest BCUT2D eigenvalue weighted by Gasteiger charge is 2.14. The third kappa shape index (κ3) is 4.31. The number of hydrogen-bond donors (Lipinski definition) is 1. The van der Waals surface area contributed by atoms with Crippen molar-refractivity contribution >= 4 is 21.1 Å². The van der Waals surface area contributed by atoms with Gasteiger partial charge in [0.2, 0.25) is 0 Å². The molecule has 0 aliphatic rings. The summed E-state index contributed by atoms with van der Waals surface area (Å²) in [7, 11) is -0.453. The molecule has 0 spiro atoms. The van der Waals surface area contributed by atoms with Crippen molar-refractivity contribution in [3.05, 3.63) is 35.8 Å². The summed E-state index contributed by atoms with van der Waals surface area (Å²) in [5.74, 6) is 0.175. The van der Waals surface area contributed by atoms with Crippen LogP contribution >= 0.6 is 0 Å². The molecular weight excluding hydrogens is 317 g/mol. The van der Waals surface area contributed by atoms with Gasteiger partial charge in [0.1, 0.15) is 5.82 Å². The fraction of sp³-hybridized carbons (Fsp3) is 0.500. The van der Waals surface area contributed by atoms with Crippen molar-refractivity contribution in [1.29, 1.82) is 0 Å². The summed E-state index contributed by atoms with van der Waals surface area (Å²) in [6, 6.07) is 4.73. The Hall–Kier alpha value is -1.44. The topological polar surface area (TPSA) is 54.3 Å². The largest absolute Gasteiger partial charge is 0.347 e. The Morgan fingerprint density at radius 2 is 2.00 bits per heavy atom. The van der Waals surface area contributed by atoms with Crippen LogP contribution in [-0.2, 0) is 23.2 Å². The minimum Gasteiger partial charge on any atom is -0.347 e. The zero-order chi connectivity index (χ0) is 17.2. The summed E-state index contributed by atoms with van der Waals surface area (Å²) in [4.78, 5) is 0. The highest BCUT2D eigenvalue weighted by Crippen LogP contribution is 2.24. The summed E-state index contributed by atoms with van der Waals surface area (Å²) >= 11 is 0. The summed E-state index contributed by atoms with van der Waals surface area (Å²) in [6.45, 7) is 5.31. The lowest BCUT2D eigenvalue weighted by molar-refractivity contribution is 0.506. The molecule has 0 fully saturated rings. The van der Waals surface area contributed by atoms with Crippen molar-refractivity contribution in [3.8, 4) is 0 Å². The second-order valence-corrected chi connectivity index (χ2v) is 8.26. The van der Waals surface area contributed by atoms with Gasteiger partial charge in [-0.25, -0.2) is 9.11 Å². The first kappa shape index (κ1) is 17.9. The van der Waals surface area contributed by atoms with Gasteiger partial charge < -0.3 is 4.57 Å². The van der Waals surface area contributed by atoms with E-state index in [4.69, 9.17) is 0 Å². The van der Waals surface area contributed by atoms with Crippen LogP contribution < -0.4 is 4.72 Å². The Morgan fingerprint density at radius 1 is 1.30 bits per heavy atom. The zero-order valence-electron chi connectivity index (χ0n) is 14.0. The molecule has 0 radical (unpaired) electrons. The molecule has 0 saturated heterocycles. The predicted octanol–water partition coefficient (Wildman–Crippen LogP) is 2.37. The highest BCUT2D eigenvalue weighted by molar-refractivity contribution is 7.87. The molecule has 128 valence electrons. The summed E-state index contributed by atoms with van der Waals surface area (Å²) in [5, 5.41) is 0.969. The first-order chi connectivity index (χ1) is 10.7. The van der Waals surface area contributed by atoms with Crippen molar-refractivity contribution in [2.24, 2.45) is 5.92 Å². The lowest BCUT2D eigenvalue weighted by atomic mass is 10.1. The molecule has 1 aromatic heterocycles. The third-order valence-corrected chi connectivity index (χ3v) is 5.18. The van der Waals surface area contributed by atoms with Crippen LogP contribution in [0.5, 0.6) is 0 Å². The molecule has 1 aromatic carbocycles. The van der Waals surface area contributed by atoms with Crippen molar-refractivity contribution < 1.29 is 12.8 Å². The first-order valence-electron chi connectivity index (χ1n) is 7.65. The molecule has 2 rings (SSSR count). The number of nitrogens with zero attached hydrogens (tertiary/aromatic N) is 2. The van der Waals surface area contributed by atoms with E-state index in [-0.39, 0.29) is 5.82 Å². The molecule has 0 aliphatic carbocycles. The monoisotopic (exact) mass is 341 g/mol. The summed E-state index contributed by atoms with van der Waals surface area (Å²) in [6.07, 6.45) is 2.55. The summed E-state index contributed by atoms with van der Waals surface area (Å²) < 4.78 is 42.8. The molecule has 1 heterocycles. The second-order valence-electron chi connectivity index (χ2n) is 6.29. The maximum Gasteiger partial charge on any atom is 0.278 e. The third-order valence-electron chi connectivity index (χ3n) is 3.65. The average Bonchev–Trinajstić information content (AvgIpc) is 2.75. The van der Waals surface area contributed by atoms with E-state index in [1.54, 1.807) is 6.07 Å². The van der Waals surface area contributed by atoms with Gasteiger partial charge in [-0.05, 0) is 36.1 Å². The molecular formula is C16H24FN3O2S. The fourth-order valence-corrected chi connectivity index (χ4v) is 3.15. The Balaban J connectivity index is 2.24. The number of hydrogen-bond acceptors (Lipinski definition) is 2.